The lowest BCUT2D eigenvalue weighted by molar-refractivity contribution is 0.0949. The van der Waals surface area contributed by atoms with E-state index in [9.17, 15) is 4.79 Å². The van der Waals surface area contributed by atoms with E-state index in [1.807, 2.05) is 26.0 Å². The van der Waals surface area contributed by atoms with E-state index in [2.05, 4.69) is 35.6 Å². The zero-order chi connectivity index (χ0) is 19.6. The van der Waals surface area contributed by atoms with Crippen molar-refractivity contribution in [2.75, 3.05) is 5.73 Å². The van der Waals surface area contributed by atoms with E-state index in [1.165, 1.54) is 10.4 Å². The first-order chi connectivity index (χ1) is 13.2. The van der Waals surface area contributed by atoms with Crippen molar-refractivity contribution in [3.8, 4) is 0 Å². The van der Waals surface area contributed by atoms with Crippen LogP contribution in [0.4, 0.5) is 5.82 Å². The summed E-state index contributed by atoms with van der Waals surface area (Å²) in [6, 6.07) is 8.03. The van der Waals surface area contributed by atoms with Crippen molar-refractivity contribution in [2.45, 2.75) is 66.3 Å². The van der Waals surface area contributed by atoms with Crippen LogP contribution in [-0.2, 0) is 25.8 Å². The summed E-state index contributed by atoms with van der Waals surface area (Å²) in [7, 11) is 0. The Kier molecular flexibility index (Phi) is 5.68. The van der Waals surface area contributed by atoms with Crippen LogP contribution in [0.3, 0.4) is 0 Å². The zero-order valence-corrected chi connectivity index (χ0v) is 16.9. The first kappa shape index (κ1) is 19.2. The summed E-state index contributed by atoms with van der Waals surface area (Å²) in [5.74, 6) is 0.385. The highest BCUT2D eigenvalue weighted by Gasteiger charge is 2.24. The maximum Gasteiger partial charge on any atom is 0.280 e. The fraction of sp³-hybridized carbons (Fsp3) is 0.455. The van der Waals surface area contributed by atoms with E-state index in [4.69, 9.17) is 5.73 Å². The number of aromatic nitrogens is 3. The van der Waals surface area contributed by atoms with Crippen molar-refractivity contribution in [2.24, 2.45) is 0 Å². The Balaban J connectivity index is 0.00000102. The smallest absolute Gasteiger partial charge is 0.280 e. The SMILES string of the molecule is CC.CCc1cc2c(C(=O)n3nc4c(c3N)CCCC4)cccc2n1CC. The molecular weight excluding hydrogens is 336 g/mol. The Morgan fingerprint density at radius 3 is 2.59 bits per heavy atom. The molecular formula is C22H30N4O. The first-order valence-corrected chi connectivity index (χ1v) is 10.2. The second-order valence-electron chi connectivity index (χ2n) is 6.71. The minimum Gasteiger partial charge on any atom is -0.383 e. The Morgan fingerprint density at radius 2 is 1.93 bits per heavy atom. The average Bonchev–Trinajstić information content (AvgIpc) is 3.26. The van der Waals surface area contributed by atoms with Crippen LogP contribution in [0.25, 0.3) is 10.9 Å². The summed E-state index contributed by atoms with van der Waals surface area (Å²) >= 11 is 0. The summed E-state index contributed by atoms with van der Waals surface area (Å²) in [6.07, 6.45) is 5.01. The molecule has 0 amide bonds. The number of fused-ring (bicyclic) bond motifs is 2. The number of carbonyl (C=O) groups excluding carboxylic acids is 1. The van der Waals surface area contributed by atoms with Gasteiger partial charge in [0.25, 0.3) is 5.91 Å². The highest BCUT2D eigenvalue weighted by atomic mass is 16.2. The van der Waals surface area contributed by atoms with E-state index in [1.54, 1.807) is 0 Å². The van der Waals surface area contributed by atoms with Gasteiger partial charge in [0.05, 0.1) is 11.3 Å². The standard InChI is InChI=1S/C20H24N4O.C2H6/c1-3-13-12-16-14(9-7-11-18(16)23(13)4-2)20(25)24-19(21)15-8-5-6-10-17(15)22-24;1-2/h7,9,11-12H,3-6,8,10,21H2,1-2H3;1-2H3. The summed E-state index contributed by atoms with van der Waals surface area (Å²) < 4.78 is 3.68. The molecule has 0 radical (unpaired) electrons. The topological polar surface area (TPSA) is 65.8 Å². The van der Waals surface area contributed by atoms with E-state index in [0.29, 0.717) is 11.4 Å². The number of hydrogen-bond donors (Lipinski definition) is 1. The van der Waals surface area contributed by atoms with Crippen molar-refractivity contribution in [1.82, 2.24) is 14.3 Å². The van der Waals surface area contributed by atoms with Gasteiger partial charge in [-0.2, -0.15) is 9.78 Å². The van der Waals surface area contributed by atoms with Crippen molar-refractivity contribution < 1.29 is 4.79 Å². The van der Waals surface area contributed by atoms with Gasteiger partial charge in [-0.1, -0.05) is 26.8 Å². The number of nitrogens with zero attached hydrogens (tertiary/aromatic N) is 3. The Bertz CT molecular complexity index is 965. The fourth-order valence-electron chi connectivity index (χ4n) is 4.04. The maximum atomic E-state index is 13.2. The van der Waals surface area contributed by atoms with E-state index >= 15 is 0 Å². The van der Waals surface area contributed by atoms with Gasteiger partial charge in [0.2, 0.25) is 0 Å². The number of nitrogen functional groups attached to an aromatic ring is 1. The summed E-state index contributed by atoms with van der Waals surface area (Å²) in [5, 5.41) is 5.52. The van der Waals surface area contributed by atoms with Gasteiger partial charge >= 0.3 is 0 Å². The van der Waals surface area contributed by atoms with Crippen LogP contribution in [0.15, 0.2) is 24.3 Å². The van der Waals surface area contributed by atoms with Crippen molar-refractivity contribution in [3.63, 3.8) is 0 Å². The van der Waals surface area contributed by atoms with Crippen molar-refractivity contribution in [3.05, 3.63) is 46.8 Å². The van der Waals surface area contributed by atoms with Crippen LogP contribution in [0, 0.1) is 0 Å². The minimum absolute atomic E-state index is 0.131. The molecule has 4 rings (SSSR count). The summed E-state index contributed by atoms with van der Waals surface area (Å²) in [5.41, 5.74) is 11.3. The molecule has 0 atom stereocenters. The third-order valence-corrected chi connectivity index (χ3v) is 5.33. The third kappa shape index (κ3) is 3.15. The van der Waals surface area contributed by atoms with Crippen LogP contribution in [0.2, 0.25) is 0 Å². The molecule has 27 heavy (non-hydrogen) atoms. The molecule has 3 aromatic rings. The second-order valence-corrected chi connectivity index (χ2v) is 6.71. The number of carbonyl (C=O) groups is 1. The molecule has 2 aromatic heterocycles. The molecule has 0 fully saturated rings. The highest BCUT2D eigenvalue weighted by molar-refractivity contribution is 6.08. The molecule has 144 valence electrons. The second kappa shape index (κ2) is 7.99. The molecule has 1 aromatic carbocycles. The van der Waals surface area contributed by atoms with Crippen LogP contribution in [0.1, 0.15) is 67.8 Å². The fourth-order valence-corrected chi connectivity index (χ4v) is 4.04. The molecule has 0 saturated heterocycles. The molecule has 5 heteroatoms. The number of nitrogens with two attached hydrogens (primary N) is 1. The van der Waals surface area contributed by atoms with Crippen LogP contribution >= 0.6 is 0 Å². The van der Waals surface area contributed by atoms with Gasteiger partial charge in [-0.05, 0) is 57.2 Å². The molecule has 0 bridgehead atoms. The predicted octanol–water partition coefficient (Wildman–Crippen LogP) is 4.60. The molecule has 0 unspecified atom stereocenters. The zero-order valence-electron chi connectivity index (χ0n) is 16.9. The number of benzene rings is 1. The van der Waals surface area contributed by atoms with Crippen LogP contribution in [-0.4, -0.2) is 20.3 Å². The number of anilines is 1. The van der Waals surface area contributed by atoms with Crippen molar-refractivity contribution >= 4 is 22.6 Å². The molecule has 2 N–H and O–H groups in total. The molecule has 0 aliphatic heterocycles. The molecule has 5 nitrogen and oxygen atoms in total. The predicted molar refractivity (Wildman–Crippen MR) is 111 cm³/mol. The molecule has 0 saturated carbocycles. The number of hydrogen-bond acceptors (Lipinski definition) is 3. The Hall–Kier alpha value is -2.56. The Morgan fingerprint density at radius 1 is 1.19 bits per heavy atom. The molecule has 2 heterocycles. The lowest BCUT2D eigenvalue weighted by Crippen LogP contribution is -2.16. The van der Waals surface area contributed by atoms with Crippen LogP contribution in [0.5, 0.6) is 0 Å². The quantitative estimate of drug-likeness (QED) is 0.737. The molecule has 0 spiro atoms. The van der Waals surface area contributed by atoms with Crippen molar-refractivity contribution in [1.29, 1.82) is 0 Å². The van der Waals surface area contributed by atoms with Gasteiger partial charge in [-0.3, -0.25) is 4.79 Å². The van der Waals surface area contributed by atoms with E-state index < -0.39 is 0 Å². The summed E-state index contributed by atoms with van der Waals surface area (Å²) in [6.45, 7) is 9.16. The minimum atomic E-state index is -0.131. The summed E-state index contributed by atoms with van der Waals surface area (Å²) in [4.78, 5) is 13.2. The Labute approximate surface area is 161 Å². The average molecular weight is 367 g/mol. The van der Waals surface area contributed by atoms with E-state index in [-0.39, 0.29) is 5.91 Å². The number of aryl methyl sites for hydroxylation is 3. The van der Waals surface area contributed by atoms with Gasteiger partial charge in [0.1, 0.15) is 5.82 Å². The highest BCUT2D eigenvalue weighted by Crippen LogP contribution is 2.29. The first-order valence-electron chi connectivity index (χ1n) is 10.2. The number of rotatable bonds is 3. The monoisotopic (exact) mass is 366 g/mol. The molecule has 1 aliphatic rings. The lowest BCUT2D eigenvalue weighted by atomic mass is 9.98. The normalized spacial score (nSPS) is 13.2. The largest absolute Gasteiger partial charge is 0.383 e. The van der Waals surface area contributed by atoms with Gasteiger partial charge < -0.3 is 10.3 Å². The van der Waals surface area contributed by atoms with Gasteiger partial charge in [-0.15, -0.1) is 0 Å². The van der Waals surface area contributed by atoms with Crippen LogP contribution < -0.4 is 5.73 Å². The van der Waals surface area contributed by atoms with E-state index in [0.717, 1.165) is 60.8 Å². The van der Waals surface area contributed by atoms with Gasteiger partial charge in [0.15, 0.2) is 0 Å². The lowest BCUT2D eigenvalue weighted by Gasteiger charge is -2.08. The van der Waals surface area contributed by atoms with Gasteiger partial charge in [0, 0.05) is 28.7 Å². The molecule has 1 aliphatic carbocycles. The van der Waals surface area contributed by atoms with Gasteiger partial charge in [-0.25, -0.2) is 0 Å². The third-order valence-electron chi connectivity index (χ3n) is 5.33. The maximum absolute atomic E-state index is 13.2.